The molecule has 2 rings (SSSR count). The first-order valence-corrected chi connectivity index (χ1v) is 8.43. The molecule has 23 heavy (non-hydrogen) atoms. The highest BCUT2D eigenvalue weighted by molar-refractivity contribution is 6.02. The van der Waals surface area contributed by atoms with E-state index in [9.17, 15) is 9.59 Å². The number of amides is 1. The largest absolute Gasteiger partial charge is 0.465 e. The van der Waals surface area contributed by atoms with E-state index in [-0.39, 0.29) is 5.91 Å². The number of hydrogen-bond donors (Lipinski definition) is 1. The smallest absolute Gasteiger partial charge is 0.340 e. The maximum atomic E-state index is 12.1. The number of hydrogen-bond acceptors (Lipinski definition) is 4. The highest BCUT2D eigenvalue weighted by atomic mass is 16.5. The van der Waals surface area contributed by atoms with Crippen molar-refractivity contribution in [1.29, 1.82) is 0 Å². The lowest BCUT2D eigenvalue weighted by Gasteiger charge is -2.24. The molecule has 1 saturated heterocycles. The summed E-state index contributed by atoms with van der Waals surface area (Å²) in [4.78, 5) is 26.2. The molecule has 1 N–H and O–H groups in total. The van der Waals surface area contributed by atoms with Gasteiger partial charge < -0.3 is 15.0 Å². The van der Waals surface area contributed by atoms with Gasteiger partial charge in [0, 0.05) is 25.2 Å². The monoisotopic (exact) mass is 318 g/mol. The van der Waals surface area contributed by atoms with Crippen LogP contribution < -0.4 is 10.2 Å². The first-order valence-electron chi connectivity index (χ1n) is 8.43. The Morgan fingerprint density at radius 2 is 1.87 bits per heavy atom. The Hall–Kier alpha value is -2.04. The van der Waals surface area contributed by atoms with Crippen molar-refractivity contribution in [3.63, 3.8) is 0 Å². The molecule has 0 bridgehead atoms. The van der Waals surface area contributed by atoms with Crippen LogP contribution in [0.1, 0.15) is 55.8 Å². The number of ether oxygens (including phenoxy) is 1. The fraction of sp³-hybridized carbons (Fsp3) is 0.556. The summed E-state index contributed by atoms with van der Waals surface area (Å²) in [5, 5.41) is 2.81. The lowest BCUT2D eigenvalue weighted by molar-refractivity contribution is -0.116. The van der Waals surface area contributed by atoms with Crippen molar-refractivity contribution < 1.29 is 14.3 Å². The minimum atomic E-state index is -0.423. The summed E-state index contributed by atoms with van der Waals surface area (Å²) in [7, 11) is 1.36. The Morgan fingerprint density at radius 3 is 2.48 bits per heavy atom. The zero-order chi connectivity index (χ0) is 16.7. The Balaban J connectivity index is 2.26. The van der Waals surface area contributed by atoms with Crippen molar-refractivity contribution >= 4 is 23.3 Å². The van der Waals surface area contributed by atoms with Crippen molar-refractivity contribution in [1.82, 2.24) is 0 Å². The third-order valence-electron chi connectivity index (χ3n) is 4.13. The van der Waals surface area contributed by atoms with Crippen LogP contribution in [0.3, 0.4) is 0 Å². The van der Waals surface area contributed by atoms with Gasteiger partial charge in [-0.15, -0.1) is 0 Å². The minimum Gasteiger partial charge on any atom is -0.465 e. The van der Waals surface area contributed by atoms with E-state index in [0.29, 0.717) is 17.7 Å². The van der Waals surface area contributed by atoms with E-state index in [2.05, 4.69) is 10.2 Å². The summed E-state index contributed by atoms with van der Waals surface area (Å²) < 4.78 is 4.88. The lowest BCUT2D eigenvalue weighted by atomic mass is 10.1. The van der Waals surface area contributed by atoms with Crippen LogP contribution >= 0.6 is 0 Å². The molecular formula is C18H26N2O3. The molecule has 1 fully saturated rings. The summed E-state index contributed by atoms with van der Waals surface area (Å²) >= 11 is 0. The second kappa shape index (κ2) is 8.56. The predicted octanol–water partition coefficient (Wildman–Crippen LogP) is 3.59. The average Bonchev–Trinajstić information content (AvgIpc) is 2.84. The first kappa shape index (κ1) is 17.3. The molecule has 1 amide bonds. The number of carbonyl (C=O) groups excluding carboxylic acids is 2. The van der Waals surface area contributed by atoms with E-state index in [1.165, 1.54) is 32.8 Å². The van der Waals surface area contributed by atoms with Gasteiger partial charge in [0.1, 0.15) is 0 Å². The molecule has 126 valence electrons. The number of nitrogens with one attached hydrogen (secondary N) is 1. The zero-order valence-electron chi connectivity index (χ0n) is 14.1. The molecule has 0 aromatic heterocycles. The van der Waals surface area contributed by atoms with E-state index >= 15 is 0 Å². The Labute approximate surface area is 138 Å². The molecular weight excluding hydrogens is 292 g/mol. The van der Waals surface area contributed by atoms with Crippen molar-refractivity contribution in [2.24, 2.45) is 0 Å². The third-order valence-corrected chi connectivity index (χ3v) is 4.13. The van der Waals surface area contributed by atoms with Crippen LogP contribution in [-0.4, -0.2) is 32.1 Å². The molecule has 0 radical (unpaired) electrons. The quantitative estimate of drug-likeness (QED) is 0.843. The standard InChI is InChI=1S/C18H26N2O3/c1-3-8-17(21)19-16-10-9-14(13-15(16)18(22)23-2)20-11-6-4-5-7-12-20/h9-10,13H,3-8,11-12H2,1-2H3,(H,19,21). The van der Waals surface area contributed by atoms with Crippen LogP contribution in [0.5, 0.6) is 0 Å². The molecule has 0 unspecified atom stereocenters. The summed E-state index contributed by atoms with van der Waals surface area (Å²) in [6.45, 7) is 3.95. The number of nitrogens with zero attached hydrogens (tertiary/aromatic N) is 1. The maximum absolute atomic E-state index is 12.1. The average molecular weight is 318 g/mol. The summed E-state index contributed by atoms with van der Waals surface area (Å²) in [5.74, 6) is -0.506. The van der Waals surface area contributed by atoms with Crippen molar-refractivity contribution in [2.75, 3.05) is 30.4 Å². The van der Waals surface area contributed by atoms with Crippen molar-refractivity contribution in [3.05, 3.63) is 23.8 Å². The molecule has 1 aliphatic rings. The molecule has 5 heteroatoms. The Morgan fingerprint density at radius 1 is 1.17 bits per heavy atom. The van der Waals surface area contributed by atoms with Crippen molar-refractivity contribution in [3.8, 4) is 0 Å². The van der Waals surface area contributed by atoms with Gasteiger partial charge in [-0.05, 0) is 37.5 Å². The van der Waals surface area contributed by atoms with E-state index in [1.54, 1.807) is 6.07 Å². The molecule has 5 nitrogen and oxygen atoms in total. The number of esters is 1. The molecule has 1 heterocycles. The molecule has 0 aliphatic carbocycles. The molecule has 1 aromatic rings. The van der Waals surface area contributed by atoms with Gasteiger partial charge in [-0.1, -0.05) is 19.8 Å². The second-order valence-electron chi connectivity index (χ2n) is 5.92. The van der Waals surface area contributed by atoms with Crippen molar-refractivity contribution in [2.45, 2.75) is 45.4 Å². The van der Waals surface area contributed by atoms with Gasteiger partial charge in [0.2, 0.25) is 5.91 Å². The molecule has 0 atom stereocenters. The fourth-order valence-corrected chi connectivity index (χ4v) is 2.89. The van der Waals surface area contributed by atoms with Gasteiger partial charge in [0.25, 0.3) is 0 Å². The number of methoxy groups -OCH3 is 1. The lowest BCUT2D eigenvalue weighted by Crippen LogP contribution is -2.24. The van der Waals surface area contributed by atoms with Gasteiger partial charge in [0.15, 0.2) is 0 Å². The first-order chi connectivity index (χ1) is 11.2. The van der Waals surface area contributed by atoms with Crippen LogP contribution in [0.15, 0.2) is 18.2 Å². The van der Waals surface area contributed by atoms with Crippen LogP contribution in [-0.2, 0) is 9.53 Å². The van der Waals surface area contributed by atoms with Gasteiger partial charge in [-0.2, -0.15) is 0 Å². The Bertz CT molecular complexity index is 549. The number of carbonyl (C=O) groups is 2. The number of benzene rings is 1. The van der Waals surface area contributed by atoms with Gasteiger partial charge >= 0.3 is 5.97 Å². The van der Waals surface area contributed by atoms with Crippen LogP contribution in [0.2, 0.25) is 0 Å². The zero-order valence-corrected chi connectivity index (χ0v) is 14.1. The van der Waals surface area contributed by atoms with Gasteiger partial charge in [-0.3, -0.25) is 4.79 Å². The van der Waals surface area contributed by atoms with E-state index in [1.807, 2.05) is 19.1 Å². The van der Waals surface area contributed by atoms with Gasteiger partial charge in [-0.25, -0.2) is 4.79 Å². The highest BCUT2D eigenvalue weighted by Gasteiger charge is 2.17. The number of rotatable bonds is 5. The third kappa shape index (κ3) is 4.71. The number of anilines is 2. The SMILES string of the molecule is CCCC(=O)Nc1ccc(N2CCCCCC2)cc1C(=O)OC. The summed E-state index contributed by atoms with van der Waals surface area (Å²) in [5.41, 5.74) is 1.95. The van der Waals surface area contributed by atoms with Crippen LogP contribution in [0.4, 0.5) is 11.4 Å². The van der Waals surface area contributed by atoms with E-state index in [0.717, 1.165) is 25.2 Å². The molecule has 0 saturated carbocycles. The molecule has 0 spiro atoms. The Kier molecular flexibility index (Phi) is 6.44. The topological polar surface area (TPSA) is 58.6 Å². The van der Waals surface area contributed by atoms with E-state index in [4.69, 9.17) is 4.74 Å². The van der Waals surface area contributed by atoms with Crippen LogP contribution in [0, 0.1) is 0 Å². The fourth-order valence-electron chi connectivity index (χ4n) is 2.89. The summed E-state index contributed by atoms with van der Waals surface area (Å²) in [6.07, 6.45) is 6.06. The van der Waals surface area contributed by atoms with Gasteiger partial charge in [0.05, 0.1) is 18.4 Å². The minimum absolute atomic E-state index is 0.0832. The van der Waals surface area contributed by atoms with Crippen LogP contribution in [0.25, 0.3) is 0 Å². The summed E-state index contributed by atoms with van der Waals surface area (Å²) in [6, 6.07) is 5.61. The second-order valence-corrected chi connectivity index (χ2v) is 5.92. The predicted molar refractivity (Wildman–Crippen MR) is 92.0 cm³/mol. The van der Waals surface area contributed by atoms with E-state index < -0.39 is 5.97 Å². The maximum Gasteiger partial charge on any atom is 0.340 e. The normalized spacial score (nSPS) is 15.0. The molecule has 1 aromatic carbocycles. The molecule has 1 aliphatic heterocycles. The highest BCUT2D eigenvalue weighted by Crippen LogP contribution is 2.26.